The molecule has 3 nitrogen and oxygen atoms in total. The molecule has 0 saturated heterocycles. The Balaban J connectivity index is 1.48. The van der Waals surface area contributed by atoms with Gasteiger partial charge >= 0.3 is 0 Å². The highest BCUT2D eigenvalue weighted by molar-refractivity contribution is 5.39. The van der Waals surface area contributed by atoms with Crippen LogP contribution in [0.4, 0.5) is 5.82 Å². The summed E-state index contributed by atoms with van der Waals surface area (Å²) >= 11 is 0. The molecule has 2 aromatic rings. The highest BCUT2D eigenvalue weighted by Gasteiger charge is 2.20. The molecule has 0 spiro atoms. The largest absolute Gasteiger partial charge is 0.370 e. The van der Waals surface area contributed by atoms with Crippen LogP contribution in [-0.4, -0.2) is 11.5 Å². The third-order valence-electron chi connectivity index (χ3n) is 3.89. The van der Waals surface area contributed by atoms with Gasteiger partial charge in [-0.3, -0.25) is 0 Å². The fourth-order valence-electron chi connectivity index (χ4n) is 2.82. The average molecular weight is 263 g/mol. The maximum Gasteiger partial charge on any atom is 0.125 e. The van der Waals surface area contributed by atoms with Gasteiger partial charge in [0.25, 0.3) is 0 Å². The highest BCUT2D eigenvalue weighted by atomic mass is 15.0. The molecular weight excluding hydrogens is 246 g/mol. The molecule has 100 valence electrons. The zero-order valence-corrected chi connectivity index (χ0v) is 11.3. The third kappa shape index (κ3) is 2.80. The van der Waals surface area contributed by atoms with Gasteiger partial charge in [0.15, 0.2) is 0 Å². The van der Waals surface area contributed by atoms with E-state index in [1.807, 2.05) is 6.07 Å². The number of nitrogens with zero attached hydrogens (tertiary/aromatic N) is 2. The Morgan fingerprint density at radius 1 is 1.15 bits per heavy atom. The number of hydrogen-bond donors (Lipinski definition) is 1. The molecule has 0 saturated carbocycles. The van der Waals surface area contributed by atoms with Crippen LogP contribution in [0, 0.1) is 17.2 Å². The Kier molecular flexibility index (Phi) is 3.64. The molecule has 1 aromatic heterocycles. The van der Waals surface area contributed by atoms with Crippen LogP contribution in [0.1, 0.15) is 23.1 Å². The lowest BCUT2D eigenvalue weighted by atomic mass is 10.0. The minimum atomic E-state index is 0.599. The molecule has 0 aliphatic heterocycles. The SMILES string of the molecule is N#Cc1ccc(NCCC2Cc3ccccc3C2)nc1. The number of aromatic nitrogens is 1. The van der Waals surface area contributed by atoms with Gasteiger partial charge in [-0.2, -0.15) is 5.26 Å². The Labute approximate surface area is 119 Å². The monoisotopic (exact) mass is 263 g/mol. The molecule has 3 heteroatoms. The zero-order chi connectivity index (χ0) is 13.8. The molecule has 1 aromatic carbocycles. The number of nitrogens with one attached hydrogen (secondary N) is 1. The van der Waals surface area contributed by atoms with Gasteiger partial charge in [-0.05, 0) is 48.4 Å². The number of rotatable bonds is 4. The van der Waals surface area contributed by atoms with Gasteiger partial charge in [0.05, 0.1) is 5.56 Å². The van der Waals surface area contributed by atoms with Crippen molar-refractivity contribution >= 4 is 5.82 Å². The van der Waals surface area contributed by atoms with E-state index in [1.165, 1.54) is 24.0 Å². The van der Waals surface area contributed by atoms with Gasteiger partial charge in [0.1, 0.15) is 11.9 Å². The van der Waals surface area contributed by atoms with E-state index in [4.69, 9.17) is 5.26 Å². The molecule has 20 heavy (non-hydrogen) atoms. The maximum atomic E-state index is 8.72. The summed E-state index contributed by atoms with van der Waals surface area (Å²) in [7, 11) is 0. The van der Waals surface area contributed by atoms with Gasteiger partial charge in [0.2, 0.25) is 0 Å². The van der Waals surface area contributed by atoms with E-state index < -0.39 is 0 Å². The molecule has 0 atom stereocenters. The molecule has 0 radical (unpaired) electrons. The van der Waals surface area contributed by atoms with Crippen molar-refractivity contribution in [2.45, 2.75) is 19.3 Å². The molecule has 1 heterocycles. The Morgan fingerprint density at radius 2 is 1.90 bits per heavy atom. The van der Waals surface area contributed by atoms with E-state index in [-0.39, 0.29) is 0 Å². The van der Waals surface area contributed by atoms with E-state index in [2.05, 4.69) is 40.6 Å². The molecule has 1 aliphatic carbocycles. The van der Waals surface area contributed by atoms with Gasteiger partial charge < -0.3 is 5.32 Å². The summed E-state index contributed by atoms with van der Waals surface area (Å²) in [5, 5.41) is 12.1. The summed E-state index contributed by atoms with van der Waals surface area (Å²) in [6.45, 7) is 0.928. The Bertz CT molecular complexity index is 600. The van der Waals surface area contributed by atoms with Gasteiger partial charge in [-0.1, -0.05) is 24.3 Å². The zero-order valence-electron chi connectivity index (χ0n) is 11.3. The number of nitriles is 1. The Morgan fingerprint density at radius 3 is 2.50 bits per heavy atom. The van der Waals surface area contributed by atoms with Crippen LogP contribution >= 0.6 is 0 Å². The van der Waals surface area contributed by atoms with Crippen LogP contribution in [0.3, 0.4) is 0 Å². The van der Waals surface area contributed by atoms with Crippen molar-refractivity contribution < 1.29 is 0 Å². The normalized spacial score (nSPS) is 13.8. The van der Waals surface area contributed by atoms with Crippen molar-refractivity contribution in [2.75, 3.05) is 11.9 Å². The summed E-state index contributed by atoms with van der Waals surface area (Å²) < 4.78 is 0. The molecule has 1 N–H and O–H groups in total. The van der Waals surface area contributed by atoms with Crippen molar-refractivity contribution in [3.63, 3.8) is 0 Å². The second-order valence-corrected chi connectivity index (χ2v) is 5.30. The number of anilines is 1. The molecule has 0 amide bonds. The van der Waals surface area contributed by atoms with Crippen LogP contribution in [0.5, 0.6) is 0 Å². The molecule has 1 aliphatic rings. The standard InChI is InChI=1S/C17H17N3/c18-11-14-5-6-17(20-12-14)19-8-7-13-9-15-3-1-2-4-16(15)10-13/h1-6,12-13H,7-10H2,(H,19,20). The molecular formula is C17H17N3. The molecule has 3 rings (SSSR count). The quantitative estimate of drug-likeness (QED) is 0.921. The molecule has 0 fully saturated rings. The number of hydrogen-bond acceptors (Lipinski definition) is 3. The average Bonchev–Trinajstić information content (AvgIpc) is 2.90. The summed E-state index contributed by atoms with van der Waals surface area (Å²) in [6, 6.07) is 14.5. The lowest BCUT2D eigenvalue weighted by Crippen LogP contribution is -2.10. The summed E-state index contributed by atoms with van der Waals surface area (Å²) in [6.07, 6.45) is 5.14. The van der Waals surface area contributed by atoms with Gasteiger partial charge in [0, 0.05) is 12.7 Å². The maximum absolute atomic E-state index is 8.72. The third-order valence-corrected chi connectivity index (χ3v) is 3.89. The second kappa shape index (κ2) is 5.75. The lowest BCUT2D eigenvalue weighted by molar-refractivity contribution is 0.529. The lowest BCUT2D eigenvalue weighted by Gasteiger charge is -2.10. The fraction of sp³-hybridized carbons (Fsp3) is 0.294. The summed E-state index contributed by atoms with van der Waals surface area (Å²) in [4.78, 5) is 4.22. The summed E-state index contributed by atoms with van der Waals surface area (Å²) in [5.41, 5.74) is 3.62. The van der Waals surface area contributed by atoms with Crippen LogP contribution in [0.25, 0.3) is 0 Å². The van der Waals surface area contributed by atoms with Crippen LogP contribution < -0.4 is 5.32 Å². The molecule has 0 bridgehead atoms. The number of benzene rings is 1. The topological polar surface area (TPSA) is 48.7 Å². The van der Waals surface area contributed by atoms with Crippen molar-refractivity contribution in [2.24, 2.45) is 5.92 Å². The van der Waals surface area contributed by atoms with E-state index in [1.54, 1.807) is 12.3 Å². The number of fused-ring (bicyclic) bond motifs is 1. The highest BCUT2D eigenvalue weighted by Crippen LogP contribution is 2.28. The van der Waals surface area contributed by atoms with Gasteiger partial charge in [-0.15, -0.1) is 0 Å². The predicted octanol–water partition coefficient (Wildman–Crippen LogP) is 3.17. The molecule has 0 unspecified atom stereocenters. The fourth-order valence-corrected chi connectivity index (χ4v) is 2.82. The van der Waals surface area contributed by atoms with Crippen molar-refractivity contribution in [1.82, 2.24) is 4.98 Å². The van der Waals surface area contributed by atoms with Crippen molar-refractivity contribution in [3.05, 3.63) is 59.3 Å². The first-order valence-electron chi connectivity index (χ1n) is 7.02. The second-order valence-electron chi connectivity index (χ2n) is 5.30. The van der Waals surface area contributed by atoms with Gasteiger partial charge in [-0.25, -0.2) is 4.98 Å². The van der Waals surface area contributed by atoms with Crippen LogP contribution in [0.15, 0.2) is 42.6 Å². The van der Waals surface area contributed by atoms with Crippen molar-refractivity contribution in [3.8, 4) is 6.07 Å². The minimum absolute atomic E-state index is 0.599. The predicted molar refractivity (Wildman–Crippen MR) is 79.4 cm³/mol. The summed E-state index contributed by atoms with van der Waals surface area (Å²) in [5.74, 6) is 1.58. The van der Waals surface area contributed by atoms with Crippen molar-refractivity contribution in [1.29, 1.82) is 5.26 Å². The Hall–Kier alpha value is -2.34. The smallest absolute Gasteiger partial charge is 0.125 e. The first-order valence-corrected chi connectivity index (χ1v) is 7.02. The van der Waals surface area contributed by atoms with Crippen LogP contribution in [0.2, 0.25) is 0 Å². The van der Waals surface area contributed by atoms with E-state index in [9.17, 15) is 0 Å². The van der Waals surface area contributed by atoms with E-state index in [0.29, 0.717) is 5.56 Å². The first kappa shape index (κ1) is 12.7. The minimum Gasteiger partial charge on any atom is -0.370 e. The number of pyridine rings is 1. The first-order chi connectivity index (χ1) is 9.85. The van der Waals surface area contributed by atoms with E-state index >= 15 is 0 Å². The van der Waals surface area contributed by atoms with E-state index in [0.717, 1.165) is 24.7 Å². The van der Waals surface area contributed by atoms with Crippen LogP contribution in [-0.2, 0) is 12.8 Å².